The Balaban J connectivity index is 1.28. The molecule has 0 atom stereocenters. The van der Waals surface area contributed by atoms with E-state index in [1.165, 1.54) is 34.8 Å². The smallest absolute Gasteiger partial charge is 0.133 e. The van der Waals surface area contributed by atoms with E-state index in [-0.39, 0.29) is 0 Å². The van der Waals surface area contributed by atoms with Gasteiger partial charge in [-0.05, 0) is 32.1 Å². The molecule has 2 aromatic rings. The van der Waals surface area contributed by atoms with Crippen molar-refractivity contribution in [2.24, 2.45) is 0 Å². The zero-order valence-electron chi connectivity index (χ0n) is 15.0. The molecule has 1 aliphatic heterocycles. The summed E-state index contributed by atoms with van der Waals surface area (Å²) < 4.78 is 0. The summed E-state index contributed by atoms with van der Waals surface area (Å²) in [6, 6.07) is 2.51. The van der Waals surface area contributed by atoms with Crippen molar-refractivity contribution in [2.45, 2.75) is 44.7 Å². The van der Waals surface area contributed by atoms with Crippen LogP contribution in [0, 0.1) is 0 Å². The lowest BCUT2D eigenvalue weighted by atomic mass is 10.1. The van der Waals surface area contributed by atoms with Crippen LogP contribution in [0.5, 0.6) is 0 Å². The molecule has 4 rings (SSSR count). The number of thiazole rings is 1. The molecule has 1 aliphatic carbocycles. The van der Waals surface area contributed by atoms with Gasteiger partial charge in [-0.3, -0.25) is 4.90 Å². The highest BCUT2D eigenvalue weighted by atomic mass is 32.1. The van der Waals surface area contributed by atoms with E-state index in [0.717, 1.165) is 44.1 Å². The quantitative estimate of drug-likeness (QED) is 0.886. The molecule has 6 nitrogen and oxygen atoms in total. The molecule has 3 heterocycles. The van der Waals surface area contributed by atoms with E-state index in [2.05, 4.69) is 20.2 Å². The van der Waals surface area contributed by atoms with E-state index in [1.54, 1.807) is 6.33 Å². The lowest BCUT2D eigenvalue weighted by Crippen LogP contribution is -2.38. The lowest BCUT2D eigenvalue weighted by Gasteiger charge is -2.32. The molecular formula is C18H26N6S. The van der Waals surface area contributed by atoms with Crippen LogP contribution in [0.2, 0.25) is 0 Å². The van der Waals surface area contributed by atoms with E-state index in [1.807, 2.05) is 36.4 Å². The molecule has 134 valence electrons. The number of anilines is 2. The third-order valence-electron chi connectivity index (χ3n) is 5.05. The van der Waals surface area contributed by atoms with Crippen molar-refractivity contribution in [1.82, 2.24) is 19.9 Å². The van der Waals surface area contributed by atoms with E-state index < -0.39 is 0 Å². The number of fused-ring (bicyclic) bond motifs is 1. The number of likely N-dealkylation sites (tertiary alicyclic amines) is 1. The van der Waals surface area contributed by atoms with Gasteiger partial charge >= 0.3 is 0 Å². The minimum absolute atomic E-state index is 0.488. The molecule has 0 saturated carbocycles. The van der Waals surface area contributed by atoms with Crippen molar-refractivity contribution in [2.75, 3.05) is 37.4 Å². The summed E-state index contributed by atoms with van der Waals surface area (Å²) in [6.45, 7) is 3.25. The molecule has 1 saturated heterocycles. The maximum Gasteiger partial charge on any atom is 0.133 e. The molecule has 0 unspecified atom stereocenters. The van der Waals surface area contributed by atoms with E-state index in [4.69, 9.17) is 4.98 Å². The minimum Gasteiger partial charge on any atom is -0.367 e. The largest absolute Gasteiger partial charge is 0.367 e. The minimum atomic E-state index is 0.488. The van der Waals surface area contributed by atoms with Crippen molar-refractivity contribution in [3.8, 4) is 0 Å². The molecular weight excluding hydrogens is 332 g/mol. The Labute approximate surface area is 153 Å². The third kappa shape index (κ3) is 3.93. The van der Waals surface area contributed by atoms with Crippen molar-refractivity contribution >= 4 is 23.0 Å². The lowest BCUT2D eigenvalue weighted by molar-refractivity contribution is 0.211. The highest BCUT2D eigenvalue weighted by molar-refractivity contribution is 7.11. The van der Waals surface area contributed by atoms with Gasteiger partial charge in [0.25, 0.3) is 0 Å². The number of piperidine rings is 1. The van der Waals surface area contributed by atoms with Crippen molar-refractivity contribution in [3.63, 3.8) is 0 Å². The standard InChI is InChI=1S/C18H26N6S/c1-23(2)17-10-16(19-12-20-17)21-13-6-8-24(9-7-13)11-18-22-14-4-3-5-15(14)25-18/h10,12-13H,3-9,11H2,1-2H3,(H,19,20,21). The molecule has 0 bridgehead atoms. The zero-order valence-corrected chi connectivity index (χ0v) is 15.8. The molecule has 0 amide bonds. The molecule has 1 fully saturated rings. The van der Waals surface area contributed by atoms with Crippen LogP contribution in [0.15, 0.2) is 12.4 Å². The van der Waals surface area contributed by atoms with Gasteiger partial charge in [-0.15, -0.1) is 11.3 Å². The summed E-state index contributed by atoms with van der Waals surface area (Å²) in [5, 5.41) is 4.88. The first-order valence-electron chi connectivity index (χ1n) is 9.13. The molecule has 2 aromatic heterocycles. The summed E-state index contributed by atoms with van der Waals surface area (Å²) in [4.78, 5) is 19.5. The second kappa shape index (κ2) is 7.25. The fourth-order valence-corrected chi connectivity index (χ4v) is 4.82. The van der Waals surface area contributed by atoms with Crippen LogP contribution in [-0.4, -0.2) is 53.1 Å². The molecule has 0 aromatic carbocycles. The van der Waals surface area contributed by atoms with Gasteiger partial charge < -0.3 is 10.2 Å². The number of aryl methyl sites for hydroxylation is 2. The summed E-state index contributed by atoms with van der Waals surface area (Å²) in [6.07, 6.45) is 7.65. The van der Waals surface area contributed by atoms with Crippen molar-refractivity contribution in [3.05, 3.63) is 28.0 Å². The van der Waals surface area contributed by atoms with E-state index in [0.29, 0.717) is 6.04 Å². The fourth-order valence-electron chi connectivity index (χ4n) is 3.62. The Bertz CT molecular complexity index is 699. The predicted molar refractivity (Wildman–Crippen MR) is 102 cm³/mol. The Hall–Kier alpha value is -1.73. The Morgan fingerprint density at radius 2 is 2.08 bits per heavy atom. The summed E-state index contributed by atoms with van der Waals surface area (Å²) in [5.74, 6) is 1.86. The van der Waals surface area contributed by atoms with Crippen LogP contribution in [0.25, 0.3) is 0 Å². The first-order valence-corrected chi connectivity index (χ1v) is 9.95. The first-order chi connectivity index (χ1) is 12.2. The average Bonchev–Trinajstić information content (AvgIpc) is 3.18. The number of rotatable bonds is 5. The Morgan fingerprint density at radius 3 is 2.84 bits per heavy atom. The van der Waals surface area contributed by atoms with Crippen molar-refractivity contribution in [1.29, 1.82) is 0 Å². The van der Waals surface area contributed by atoms with Crippen LogP contribution in [-0.2, 0) is 19.4 Å². The number of aromatic nitrogens is 3. The predicted octanol–water partition coefficient (Wildman–Crippen LogP) is 2.56. The molecule has 0 spiro atoms. The van der Waals surface area contributed by atoms with Crippen LogP contribution in [0.4, 0.5) is 11.6 Å². The monoisotopic (exact) mass is 358 g/mol. The maximum atomic E-state index is 4.84. The van der Waals surface area contributed by atoms with Gasteiger partial charge in [-0.25, -0.2) is 15.0 Å². The summed E-state index contributed by atoms with van der Waals surface area (Å²) in [7, 11) is 4.00. The molecule has 25 heavy (non-hydrogen) atoms. The van der Waals surface area contributed by atoms with Gasteiger partial charge in [0.15, 0.2) is 0 Å². The van der Waals surface area contributed by atoms with E-state index >= 15 is 0 Å². The number of hydrogen-bond acceptors (Lipinski definition) is 7. The third-order valence-corrected chi connectivity index (χ3v) is 6.19. The molecule has 0 radical (unpaired) electrons. The zero-order chi connectivity index (χ0) is 17.2. The van der Waals surface area contributed by atoms with Crippen molar-refractivity contribution < 1.29 is 0 Å². The maximum absolute atomic E-state index is 4.84. The molecule has 2 aliphatic rings. The van der Waals surface area contributed by atoms with Gasteiger partial charge in [-0.1, -0.05) is 0 Å². The van der Waals surface area contributed by atoms with Gasteiger partial charge in [0.05, 0.1) is 12.2 Å². The summed E-state index contributed by atoms with van der Waals surface area (Å²) in [5.41, 5.74) is 1.37. The second-order valence-electron chi connectivity index (χ2n) is 7.18. The highest BCUT2D eigenvalue weighted by Crippen LogP contribution is 2.28. The Morgan fingerprint density at radius 1 is 1.24 bits per heavy atom. The number of nitrogens with one attached hydrogen (secondary N) is 1. The van der Waals surface area contributed by atoms with Crippen LogP contribution < -0.4 is 10.2 Å². The SMILES string of the molecule is CN(C)c1cc(NC2CCN(Cc3nc4c(s3)CCC4)CC2)ncn1. The number of nitrogens with zero attached hydrogens (tertiary/aromatic N) is 5. The first kappa shape index (κ1) is 16.7. The van der Waals surface area contributed by atoms with Gasteiger partial charge in [0.2, 0.25) is 0 Å². The Kier molecular flexibility index (Phi) is 4.85. The summed E-state index contributed by atoms with van der Waals surface area (Å²) >= 11 is 1.93. The van der Waals surface area contributed by atoms with Gasteiger partial charge in [0.1, 0.15) is 23.0 Å². The normalized spacial score (nSPS) is 18.3. The average molecular weight is 359 g/mol. The van der Waals surface area contributed by atoms with Crippen LogP contribution in [0.3, 0.4) is 0 Å². The fraction of sp³-hybridized carbons (Fsp3) is 0.611. The van der Waals surface area contributed by atoms with E-state index in [9.17, 15) is 0 Å². The highest BCUT2D eigenvalue weighted by Gasteiger charge is 2.22. The number of hydrogen-bond donors (Lipinski definition) is 1. The second-order valence-corrected chi connectivity index (χ2v) is 8.35. The van der Waals surface area contributed by atoms with Crippen LogP contribution >= 0.6 is 11.3 Å². The molecule has 7 heteroatoms. The topological polar surface area (TPSA) is 57.2 Å². The van der Waals surface area contributed by atoms with Crippen LogP contribution in [0.1, 0.15) is 34.8 Å². The molecule has 1 N–H and O–H groups in total. The van der Waals surface area contributed by atoms with Gasteiger partial charge in [0, 0.05) is 44.2 Å². The van der Waals surface area contributed by atoms with Gasteiger partial charge in [-0.2, -0.15) is 0 Å².